The predicted molar refractivity (Wildman–Crippen MR) is 110 cm³/mol. The van der Waals surface area contributed by atoms with E-state index >= 15 is 0 Å². The van der Waals surface area contributed by atoms with Crippen molar-refractivity contribution < 1.29 is 19.1 Å². The van der Waals surface area contributed by atoms with Gasteiger partial charge in [0.25, 0.3) is 0 Å². The summed E-state index contributed by atoms with van der Waals surface area (Å²) in [4.78, 5) is 26.4. The molecule has 2 amide bonds. The Bertz CT molecular complexity index is 771. The van der Waals surface area contributed by atoms with Crippen molar-refractivity contribution in [1.29, 1.82) is 0 Å². The highest BCUT2D eigenvalue weighted by Crippen LogP contribution is 2.58. The Morgan fingerprint density at radius 1 is 1.07 bits per heavy atom. The van der Waals surface area contributed by atoms with E-state index in [4.69, 9.17) is 4.74 Å². The van der Waals surface area contributed by atoms with Crippen molar-refractivity contribution in [2.45, 2.75) is 56.9 Å². The van der Waals surface area contributed by atoms with Crippen molar-refractivity contribution in [3.63, 3.8) is 0 Å². The van der Waals surface area contributed by atoms with Gasteiger partial charge in [-0.05, 0) is 68.4 Å². The second-order valence-corrected chi connectivity index (χ2v) is 9.45. The average Bonchev–Trinajstić information content (AvgIpc) is 2.69. The van der Waals surface area contributed by atoms with Gasteiger partial charge in [-0.15, -0.1) is 0 Å². The number of hydrogen-bond acceptors (Lipinski definition) is 4. The zero-order valence-electron chi connectivity index (χ0n) is 17.7. The van der Waals surface area contributed by atoms with Crippen LogP contribution in [0.15, 0.2) is 24.3 Å². The Labute approximate surface area is 172 Å². The molecule has 1 aliphatic heterocycles. The lowest BCUT2D eigenvalue weighted by atomic mass is 9.56. The smallest absolute Gasteiger partial charge is 0.407 e. The molecular formula is C23H32N2O4. The first-order chi connectivity index (χ1) is 13.9. The second kappa shape index (κ2) is 7.54. The molecule has 6 nitrogen and oxygen atoms in total. The van der Waals surface area contributed by atoms with E-state index < -0.39 is 6.09 Å². The number of rotatable bonds is 4. The highest BCUT2D eigenvalue weighted by Gasteiger charge is 2.50. The summed E-state index contributed by atoms with van der Waals surface area (Å²) in [6.07, 6.45) is 5.54. The molecule has 158 valence electrons. The van der Waals surface area contributed by atoms with Crippen LogP contribution >= 0.6 is 0 Å². The minimum atomic E-state index is -0.423. The second-order valence-electron chi connectivity index (χ2n) is 9.45. The molecule has 3 aliphatic rings. The Kier molecular flexibility index (Phi) is 5.21. The third-order valence-corrected chi connectivity index (χ3v) is 7.41. The molecule has 0 bridgehead atoms. The van der Waals surface area contributed by atoms with Crippen LogP contribution in [0.5, 0.6) is 5.75 Å². The van der Waals surface area contributed by atoms with Crippen molar-refractivity contribution in [3.05, 3.63) is 29.8 Å². The third-order valence-electron chi connectivity index (χ3n) is 7.41. The van der Waals surface area contributed by atoms with Crippen LogP contribution in [0.4, 0.5) is 4.79 Å². The molecule has 29 heavy (non-hydrogen) atoms. The molecule has 2 aliphatic carbocycles. The number of likely N-dealkylation sites (tertiary alicyclic amines) is 1. The van der Waals surface area contributed by atoms with E-state index in [9.17, 15) is 9.59 Å². The zero-order valence-corrected chi connectivity index (χ0v) is 17.7. The summed E-state index contributed by atoms with van der Waals surface area (Å²) in [6.45, 7) is 3.69. The molecule has 3 fully saturated rings. The van der Waals surface area contributed by atoms with Crippen molar-refractivity contribution in [2.75, 3.05) is 27.3 Å². The molecule has 4 rings (SSSR count). The predicted octanol–water partition coefficient (Wildman–Crippen LogP) is 3.71. The van der Waals surface area contributed by atoms with Crippen molar-refractivity contribution >= 4 is 12.0 Å². The van der Waals surface area contributed by atoms with E-state index in [0.29, 0.717) is 24.2 Å². The molecule has 1 spiro atoms. The van der Waals surface area contributed by atoms with Crippen LogP contribution in [0.2, 0.25) is 0 Å². The van der Waals surface area contributed by atoms with Crippen LogP contribution in [-0.2, 0) is 9.53 Å². The van der Waals surface area contributed by atoms with Crippen molar-refractivity contribution in [1.82, 2.24) is 10.2 Å². The standard InChI is InChI=1S/C23H32N2O4/c1-22(24-21(27)29-3)12-17(13-22)20(26)25-10-8-23(9-11-25)14-16(15-23)18-6-4-5-7-19(18)28-2/h4-7,16-17H,8-15H2,1-3H3,(H,24,27). The first-order valence-electron chi connectivity index (χ1n) is 10.6. The van der Waals surface area contributed by atoms with Gasteiger partial charge >= 0.3 is 6.09 Å². The van der Waals surface area contributed by atoms with Gasteiger partial charge in [-0.25, -0.2) is 4.79 Å². The number of nitrogens with zero attached hydrogens (tertiary/aromatic N) is 1. The molecule has 1 N–H and O–H groups in total. The van der Waals surface area contributed by atoms with Gasteiger partial charge in [-0.3, -0.25) is 4.79 Å². The summed E-state index contributed by atoms with van der Waals surface area (Å²) in [5, 5.41) is 2.85. The fourth-order valence-electron chi connectivity index (χ4n) is 5.68. The van der Waals surface area contributed by atoms with Gasteiger partial charge in [0, 0.05) is 24.5 Å². The van der Waals surface area contributed by atoms with Gasteiger partial charge in [0.1, 0.15) is 5.75 Å². The molecule has 0 aromatic heterocycles. The number of para-hydroxylation sites is 1. The first-order valence-corrected chi connectivity index (χ1v) is 10.6. The number of nitrogens with one attached hydrogen (secondary N) is 1. The molecule has 2 saturated carbocycles. The summed E-state index contributed by atoms with van der Waals surface area (Å²) in [5.74, 6) is 1.84. The zero-order chi connectivity index (χ0) is 20.6. The maximum atomic E-state index is 12.9. The summed E-state index contributed by atoms with van der Waals surface area (Å²) in [5.41, 5.74) is 1.40. The molecule has 6 heteroatoms. The lowest BCUT2D eigenvalue weighted by Gasteiger charge is -2.53. The van der Waals surface area contributed by atoms with Crippen LogP contribution in [0.1, 0.15) is 56.9 Å². The summed E-state index contributed by atoms with van der Waals surface area (Å²) >= 11 is 0. The van der Waals surface area contributed by atoms with Crippen LogP contribution in [0.3, 0.4) is 0 Å². The lowest BCUT2D eigenvalue weighted by Crippen LogP contribution is -2.59. The number of amides is 2. The number of methoxy groups -OCH3 is 2. The fourth-order valence-corrected chi connectivity index (χ4v) is 5.68. The minimum Gasteiger partial charge on any atom is -0.496 e. The Morgan fingerprint density at radius 2 is 1.72 bits per heavy atom. The minimum absolute atomic E-state index is 0.0222. The molecule has 1 saturated heterocycles. The summed E-state index contributed by atoms with van der Waals surface area (Å²) in [6, 6.07) is 8.34. The van der Waals surface area contributed by atoms with E-state index in [1.807, 2.05) is 24.0 Å². The number of benzene rings is 1. The average molecular weight is 401 g/mol. The number of alkyl carbamates (subject to hydrolysis) is 1. The van der Waals surface area contributed by atoms with Crippen LogP contribution in [0.25, 0.3) is 0 Å². The van der Waals surface area contributed by atoms with E-state index in [1.54, 1.807) is 7.11 Å². The number of carbonyl (C=O) groups is 2. The van der Waals surface area contributed by atoms with E-state index in [2.05, 4.69) is 22.2 Å². The number of piperidine rings is 1. The first kappa shape index (κ1) is 20.0. The maximum absolute atomic E-state index is 12.9. The van der Waals surface area contributed by atoms with E-state index in [-0.39, 0.29) is 17.4 Å². The molecular weight excluding hydrogens is 368 g/mol. The summed E-state index contributed by atoms with van der Waals surface area (Å²) in [7, 11) is 3.10. The van der Waals surface area contributed by atoms with Gasteiger partial charge < -0.3 is 19.7 Å². The molecule has 1 aromatic rings. The Balaban J connectivity index is 1.26. The van der Waals surface area contributed by atoms with Crippen LogP contribution in [-0.4, -0.2) is 49.7 Å². The van der Waals surface area contributed by atoms with Gasteiger partial charge in [-0.1, -0.05) is 18.2 Å². The van der Waals surface area contributed by atoms with Crippen molar-refractivity contribution in [3.8, 4) is 5.75 Å². The normalized spacial score (nSPS) is 28.2. The van der Waals surface area contributed by atoms with Gasteiger partial charge in [0.05, 0.1) is 14.2 Å². The van der Waals surface area contributed by atoms with E-state index in [0.717, 1.165) is 31.7 Å². The quantitative estimate of drug-likeness (QED) is 0.837. The third kappa shape index (κ3) is 3.81. The molecule has 1 aromatic carbocycles. The van der Waals surface area contributed by atoms with Gasteiger partial charge in [0.2, 0.25) is 5.91 Å². The van der Waals surface area contributed by atoms with Gasteiger partial charge in [-0.2, -0.15) is 0 Å². The van der Waals surface area contributed by atoms with Crippen LogP contribution < -0.4 is 10.1 Å². The maximum Gasteiger partial charge on any atom is 0.407 e. The van der Waals surface area contributed by atoms with Gasteiger partial charge in [0.15, 0.2) is 0 Å². The summed E-state index contributed by atoms with van der Waals surface area (Å²) < 4.78 is 10.2. The fraction of sp³-hybridized carbons (Fsp3) is 0.652. The highest BCUT2D eigenvalue weighted by molar-refractivity contribution is 5.81. The molecule has 0 atom stereocenters. The number of hydrogen-bond donors (Lipinski definition) is 1. The molecule has 0 radical (unpaired) electrons. The highest BCUT2D eigenvalue weighted by atomic mass is 16.5. The molecule has 0 unspecified atom stereocenters. The number of ether oxygens (including phenoxy) is 2. The van der Waals surface area contributed by atoms with E-state index in [1.165, 1.54) is 25.5 Å². The molecule has 1 heterocycles. The SMILES string of the molecule is COC(=O)NC1(C)CC(C(=O)N2CCC3(CC2)CC(c2ccccc2OC)C3)C1. The topological polar surface area (TPSA) is 67.9 Å². The lowest BCUT2D eigenvalue weighted by molar-refractivity contribution is -0.144. The van der Waals surface area contributed by atoms with Crippen LogP contribution in [0, 0.1) is 11.3 Å². The number of carbonyl (C=O) groups excluding carboxylic acids is 2. The van der Waals surface area contributed by atoms with Crippen molar-refractivity contribution in [2.24, 2.45) is 11.3 Å². The Morgan fingerprint density at radius 3 is 2.34 bits per heavy atom. The Hall–Kier alpha value is -2.24. The largest absolute Gasteiger partial charge is 0.496 e. The monoisotopic (exact) mass is 400 g/mol.